The number of benzene rings is 2. The number of amides is 2. The predicted octanol–water partition coefficient (Wildman–Crippen LogP) is 5.06. The molecule has 2 aromatic carbocycles. The van der Waals surface area contributed by atoms with Crippen molar-refractivity contribution < 1.29 is 52.5 Å². The van der Waals surface area contributed by atoms with Gasteiger partial charge in [0.25, 0.3) is 0 Å². The van der Waals surface area contributed by atoms with Crippen LogP contribution in [0.2, 0.25) is 0 Å². The number of guanidine groups is 1. The van der Waals surface area contributed by atoms with E-state index in [9.17, 15) is 33.7 Å². The highest BCUT2D eigenvalue weighted by molar-refractivity contribution is 7.55. The van der Waals surface area contributed by atoms with Crippen LogP contribution in [0.3, 0.4) is 0 Å². The van der Waals surface area contributed by atoms with E-state index in [0.29, 0.717) is 10.5 Å². The third kappa shape index (κ3) is 10.6. The number of carboxylic acid groups (broad SMARTS) is 1. The number of carbonyl (C=O) groups excluding carboxylic acids is 3. The number of aliphatic imine (C=N–C) groups is 1. The molecule has 3 atom stereocenters. The molecule has 0 aliphatic heterocycles. The van der Waals surface area contributed by atoms with Gasteiger partial charge in [-0.3, -0.25) is 9.09 Å². The summed E-state index contributed by atoms with van der Waals surface area (Å²) in [5.74, 6) is -4.77. The summed E-state index contributed by atoms with van der Waals surface area (Å²) in [6, 6.07) is 13.4. The highest BCUT2D eigenvalue weighted by atomic mass is 31.2. The average molecular weight is 679 g/mol. The maximum Gasteiger partial charge on any atom is 0.437 e. The molecular weight excluding hydrogens is 635 g/mol. The summed E-state index contributed by atoms with van der Waals surface area (Å²) in [5.41, 5.74) is 10.4. The van der Waals surface area contributed by atoms with Gasteiger partial charge in [0.2, 0.25) is 11.2 Å². The molecular formula is C31H43N4O11P. The third-order valence-corrected chi connectivity index (χ3v) is 8.33. The summed E-state index contributed by atoms with van der Waals surface area (Å²) in [6.45, 7) is 12.0. The van der Waals surface area contributed by atoms with Crippen molar-refractivity contribution in [3.8, 4) is 0 Å². The van der Waals surface area contributed by atoms with Gasteiger partial charge < -0.3 is 35.7 Å². The van der Waals surface area contributed by atoms with E-state index in [0.717, 1.165) is 6.07 Å². The molecule has 0 fully saturated rings. The summed E-state index contributed by atoms with van der Waals surface area (Å²) in [5, 5.41) is 7.40. The molecule has 0 spiro atoms. The van der Waals surface area contributed by atoms with Crippen LogP contribution in [-0.4, -0.2) is 56.6 Å². The first-order valence-electron chi connectivity index (χ1n) is 14.4. The Labute approximate surface area is 273 Å². The Bertz CT molecular complexity index is 1530. The molecule has 0 heterocycles. The maximum absolute atomic E-state index is 13.7. The highest BCUT2D eigenvalue weighted by Crippen LogP contribution is 2.59. The second-order valence-corrected chi connectivity index (χ2v) is 14.7. The number of ether oxygens (including phenoxy) is 3. The molecule has 16 heteroatoms. The Hall–Kier alpha value is -4.30. The quantitative estimate of drug-likeness (QED) is 0.0847. The normalized spacial score (nSPS) is 15.5. The van der Waals surface area contributed by atoms with Crippen molar-refractivity contribution in [3.05, 3.63) is 65.7 Å². The van der Waals surface area contributed by atoms with Gasteiger partial charge >= 0.3 is 31.7 Å². The van der Waals surface area contributed by atoms with Crippen LogP contribution in [0, 0.1) is 5.92 Å². The summed E-state index contributed by atoms with van der Waals surface area (Å²) in [4.78, 5) is 66.6. The minimum atomic E-state index is -5.36. The molecule has 6 N–H and O–H groups in total. The average Bonchev–Trinajstić information content (AvgIpc) is 2.92. The van der Waals surface area contributed by atoms with Gasteiger partial charge in [0.05, 0.1) is 5.69 Å². The summed E-state index contributed by atoms with van der Waals surface area (Å²) >= 11 is 0. The number of rotatable bonds is 10. The lowest BCUT2D eigenvalue weighted by Crippen LogP contribution is -2.53. The largest absolute Gasteiger partial charge is 0.479 e. The predicted molar refractivity (Wildman–Crippen MR) is 172 cm³/mol. The Balaban J connectivity index is 2.54. The Morgan fingerprint density at radius 3 is 2.02 bits per heavy atom. The zero-order valence-corrected chi connectivity index (χ0v) is 28.5. The van der Waals surface area contributed by atoms with Gasteiger partial charge in [-0.05, 0) is 70.7 Å². The van der Waals surface area contributed by atoms with Gasteiger partial charge in [-0.2, -0.15) is 0 Å². The minimum absolute atomic E-state index is 0.158. The molecule has 0 radical (unpaired) electrons. The van der Waals surface area contributed by atoms with E-state index in [1.54, 1.807) is 71.9 Å². The van der Waals surface area contributed by atoms with E-state index in [-0.39, 0.29) is 17.9 Å². The van der Waals surface area contributed by atoms with Crippen LogP contribution < -0.4 is 16.4 Å². The number of nitrogens with zero attached hydrogens (tertiary/aromatic N) is 2. The van der Waals surface area contributed by atoms with Gasteiger partial charge in [-0.1, -0.05) is 56.3 Å². The molecule has 2 rings (SSSR count). The molecule has 0 saturated carbocycles. The second-order valence-electron chi connectivity index (χ2n) is 12.7. The minimum Gasteiger partial charge on any atom is -0.479 e. The van der Waals surface area contributed by atoms with Gasteiger partial charge in [0.15, 0.2) is 6.10 Å². The zero-order valence-electron chi connectivity index (χ0n) is 27.6. The third-order valence-electron chi connectivity index (χ3n) is 6.20. The number of aliphatic carboxylic acids is 1. The van der Waals surface area contributed by atoms with Crippen LogP contribution in [0.1, 0.15) is 72.6 Å². The lowest BCUT2D eigenvalue weighted by atomic mass is 10.1. The molecule has 3 unspecified atom stereocenters. The lowest BCUT2D eigenvalue weighted by molar-refractivity contribution is -0.152. The molecule has 2 aromatic rings. The number of hydrogen-bond donors (Lipinski definition) is 4. The molecule has 47 heavy (non-hydrogen) atoms. The van der Waals surface area contributed by atoms with E-state index in [2.05, 4.69) is 4.99 Å². The molecule has 2 amide bonds. The maximum atomic E-state index is 13.7. The van der Waals surface area contributed by atoms with E-state index in [4.69, 9.17) is 30.2 Å². The molecule has 0 aliphatic rings. The van der Waals surface area contributed by atoms with Crippen molar-refractivity contribution in [1.29, 1.82) is 0 Å². The standard InChI is InChI=1S/C31H43N4O11P/c1-19(2)31(33,25(38)43-18-20-13-10-9-11-14-20)47(41,42)46-23(24(36)37)21-15-12-16-22(17-21)35(28(40)45-30(6,7)8)26(32)34-27(39)44-29(3,4)5/h9-17,19,23H,18,33H2,1-8H3,(H,36,37)(H,41,42)(H2,32,34,39). The van der Waals surface area contributed by atoms with Crippen molar-refractivity contribution >= 4 is 43.4 Å². The zero-order chi connectivity index (χ0) is 36.0. The fourth-order valence-electron chi connectivity index (χ4n) is 3.89. The Kier molecular flexibility index (Phi) is 12.5. The molecule has 0 aromatic heterocycles. The number of carboxylic acids is 1. The summed E-state index contributed by atoms with van der Waals surface area (Å²) < 4.78 is 34.8. The molecule has 15 nitrogen and oxygen atoms in total. The summed E-state index contributed by atoms with van der Waals surface area (Å²) in [7, 11) is -5.36. The molecule has 0 bridgehead atoms. The Morgan fingerprint density at radius 2 is 1.51 bits per heavy atom. The van der Waals surface area contributed by atoms with Crippen molar-refractivity contribution in [2.45, 2.75) is 84.6 Å². The van der Waals surface area contributed by atoms with Gasteiger partial charge in [-0.15, -0.1) is 4.99 Å². The van der Waals surface area contributed by atoms with Crippen LogP contribution in [-0.2, 0) is 39.5 Å². The van der Waals surface area contributed by atoms with Crippen LogP contribution in [0.15, 0.2) is 59.6 Å². The van der Waals surface area contributed by atoms with Crippen molar-refractivity contribution in [2.75, 3.05) is 4.90 Å². The van der Waals surface area contributed by atoms with Gasteiger partial charge in [-0.25, -0.2) is 24.1 Å². The monoisotopic (exact) mass is 678 g/mol. The lowest BCUT2D eigenvalue weighted by Gasteiger charge is -2.35. The first-order chi connectivity index (χ1) is 21.5. The number of esters is 1. The van der Waals surface area contributed by atoms with Crippen LogP contribution >= 0.6 is 7.60 Å². The number of nitrogens with two attached hydrogens (primary N) is 2. The highest BCUT2D eigenvalue weighted by Gasteiger charge is 2.57. The van der Waals surface area contributed by atoms with Crippen LogP contribution in [0.5, 0.6) is 0 Å². The van der Waals surface area contributed by atoms with Crippen molar-refractivity contribution in [1.82, 2.24) is 0 Å². The fourth-order valence-corrected chi connectivity index (χ4v) is 5.51. The van der Waals surface area contributed by atoms with E-state index < -0.39 is 66.2 Å². The Morgan fingerprint density at radius 1 is 0.936 bits per heavy atom. The first kappa shape index (κ1) is 38.9. The van der Waals surface area contributed by atoms with Crippen LogP contribution in [0.4, 0.5) is 15.3 Å². The smallest absolute Gasteiger partial charge is 0.437 e. The van der Waals surface area contributed by atoms with E-state index in [1.165, 1.54) is 32.0 Å². The fraction of sp³-hybridized carbons (Fsp3) is 0.452. The topological polar surface area (TPSA) is 230 Å². The summed E-state index contributed by atoms with van der Waals surface area (Å²) in [6.07, 6.45) is -4.42. The van der Waals surface area contributed by atoms with Crippen LogP contribution in [0.25, 0.3) is 0 Å². The first-order valence-corrected chi connectivity index (χ1v) is 16.0. The van der Waals surface area contributed by atoms with Gasteiger partial charge in [0.1, 0.15) is 17.8 Å². The number of anilines is 1. The molecule has 0 aliphatic carbocycles. The molecule has 258 valence electrons. The molecule has 0 saturated heterocycles. The van der Waals surface area contributed by atoms with Crippen molar-refractivity contribution in [3.63, 3.8) is 0 Å². The number of hydrogen-bond acceptors (Lipinski definition) is 10. The van der Waals surface area contributed by atoms with Gasteiger partial charge in [0, 0.05) is 0 Å². The van der Waals surface area contributed by atoms with E-state index >= 15 is 0 Å². The van der Waals surface area contributed by atoms with Crippen molar-refractivity contribution in [2.24, 2.45) is 22.4 Å². The van der Waals surface area contributed by atoms with E-state index in [1.807, 2.05) is 0 Å². The second kappa shape index (κ2) is 15.1. The number of carbonyl (C=O) groups is 4. The SMILES string of the molecule is CC(C)C(N)(C(=O)OCc1ccccc1)P(=O)(O)OC(C(=O)O)c1cccc(N(C(=O)OC(C)(C)C)C(N)=NC(=O)OC(C)(C)C)c1.